The molecule has 2 aliphatic heterocycles. The van der Waals surface area contributed by atoms with Crippen molar-refractivity contribution in [1.82, 2.24) is 9.80 Å². The lowest BCUT2D eigenvalue weighted by atomic mass is 9.81. The van der Waals surface area contributed by atoms with Crippen LogP contribution in [0.1, 0.15) is 27.2 Å². The maximum Gasteiger partial charge on any atom is 0.0157 e. The van der Waals surface area contributed by atoms with Crippen LogP contribution in [0.15, 0.2) is 0 Å². The molecule has 2 rings (SSSR count). The summed E-state index contributed by atoms with van der Waals surface area (Å²) >= 11 is 0. The molecule has 0 bridgehead atoms. The number of nitrogens with zero attached hydrogens (tertiary/aromatic N) is 2. The molecule has 0 N–H and O–H groups in total. The molecular weight excluding hydrogens is 160 g/mol. The molecule has 1 unspecified atom stereocenters. The van der Waals surface area contributed by atoms with Gasteiger partial charge < -0.3 is 4.90 Å². The minimum absolute atomic E-state index is 0.388. The van der Waals surface area contributed by atoms with Gasteiger partial charge in [-0.1, -0.05) is 0 Å². The van der Waals surface area contributed by atoms with Gasteiger partial charge in [-0.15, -0.1) is 0 Å². The van der Waals surface area contributed by atoms with Crippen LogP contribution in [-0.4, -0.2) is 48.1 Å². The monoisotopic (exact) mass is 182 g/mol. The van der Waals surface area contributed by atoms with Crippen molar-refractivity contribution >= 4 is 0 Å². The van der Waals surface area contributed by atoms with E-state index in [1.165, 1.54) is 26.1 Å². The molecule has 2 heteroatoms. The van der Waals surface area contributed by atoms with E-state index in [1.807, 2.05) is 0 Å². The van der Waals surface area contributed by atoms with E-state index in [1.54, 1.807) is 0 Å². The van der Waals surface area contributed by atoms with Gasteiger partial charge in [-0.2, -0.15) is 0 Å². The van der Waals surface area contributed by atoms with Gasteiger partial charge in [0.2, 0.25) is 0 Å². The first kappa shape index (κ1) is 9.47. The van der Waals surface area contributed by atoms with Crippen molar-refractivity contribution in [2.24, 2.45) is 5.92 Å². The van der Waals surface area contributed by atoms with Crippen LogP contribution in [0.3, 0.4) is 0 Å². The first-order chi connectivity index (χ1) is 5.98. The highest BCUT2D eigenvalue weighted by atomic mass is 15.3. The summed E-state index contributed by atoms with van der Waals surface area (Å²) in [6.07, 6.45) is 1.43. The fraction of sp³-hybridized carbons (Fsp3) is 1.00. The van der Waals surface area contributed by atoms with E-state index in [0.29, 0.717) is 5.54 Å². The average molecular weight is 182 g/mol. The molecule has 0 spiro atoms. The van der Waals surface area contributed by atoms with Crippen molar-refractivity contribution in [3.8, 4) is 0 Å². The van der Waals surface area contributed by atoms with Crippen LogP contribution in [-0.2, 0) is 0 Å². The summed E-state index contributed by atoms with van der Waals surface area (Å²) < 4.78 is 0. The average Bonchev–Trinajstić information content (AvgIpc) is 1.89. The molecule has 2 heterocycles. The molecule has 0 radical (unpaired) electrons. The largest absolute Gasteiger partial charge is 0.303 e. The highest BCUT2D eigenvalue weighted by Crippen LogP contribution is 2.33. The SMILES string of the molecule is CN1CCC1C1CN(C(C)(C)C)C1. The van der Waals surface area contributed by atoms with Crippen molar-refractivity contribution in [3.05, 3.63) is 0 Å². The summed E-state index contributed by atoms with van der Waals surface area (Å²) in [6.45, 7) is 10.9. The zero-order chi connectivity index (χ0) is 9.64. The van der Waals surface area contributed by atoms with Gasteiger partial charge in [0.1, 0.15) is 0 Å². The predicted molar refractivity (Wildman–Crippen MR) is 55.9 cm³/mol. The lowest BCUT2D eigenvalue weighted by molar-refractivity contribution is -0.0551. The fourth-order valence-electron chi connectivity index (χ4n) is 2.44. The molecular formula is C11H22N2. The third kappa shape index (κ3) is 1.62. The second kappa shape index (κ2) is 2.96. The van der Waals surface area contributed by atoms with E-state index in [4.69, 9.17) is 0 Å². The normalized spacial score (nSPS) is 32.8. The van der Waals surface area contributed by atoms with Crippen LogP contribution in [0.4, 0.5) is 0 Å². The zero-order valence-electron chi connectivity index (χ0n) is 9.38. The van der Waals surface area contributed by atoms with Crippen molar-refractivity contribution in [1.29, 1.82) is 0 Å². The quantitative estimate of drug-likeness (QED) is 0.605. The lowest BCUT2D eigenvalue weighted by Crippen LogP contribution is -2.64. The smallest absolute Gasteiger partial charge is 0.0157 e. The Morgan fingerprint density at radius 1 is 1.15 bits per heavy atom. The Morgan fingerprint density at radius 3 is 2.08 bits per heavy atom. The lowest BCUT2D eigenvalue weighted by Gasteiger charge is -2.55. The Balaban J connectivity index is 1.78. The Bertz CT molecular complexity index is 189. The predicted octanol–water partition coefficient (Wildman–Crippen LogP) is 1.42. The molecule has 0 aliphatic carbocycles. The molecule has 2 aliphatic rings. The summed E-state index contributed by atoms with van der Waals surface area (Å²) in [6, 6.07) is 0.901. The van der Waals surface area contributed by atoms with E-state index in [0.717, 1.165) is 12.0 Å². The van der Waals surface area contributed by atoms with E-state index in [9.17, 15) is 0 Å². The van der Waals surface area contributed by atoms with Gasteiger partial charge in [0.05, 0.1) is 0 Å². The standard InChI is InChI=1S/C11H22N2/c1-11(2,3)13-7-9(8-13)10-5-6-12(10)4/h9-10H,5-8H2,1-4H3. The minimum atomic E-state index is 0.388. The first-order valence-corrected chi connectivity index (χ1v) is 5.44. The Kier molecular flexibility index (Phi) is 2.16. The van der Waals surface area contributed by atoms with E-state index >= 15 is 0 Å². The number of likely N-dealkylation sites (tertiary alicyclic amines) is 2. The van der Waals surface area contributed by atoms with Crippen molar-refractivity contribution in [2.75, 3.05) is 26.7 Å². The summed E-state index contributed by atoms with van der Waals surface area (Å²) in [4.78, 5) is 5.09. The van der Waals surface area contributed by atoms with Crippen LogP contribution in [0.5, 0.6) is 0 Å². The summed E-state index contributed by atoms with van der Waals surface area (Å²) in [5.41, 5.74) is 0.388. The van der Waals surface area contributed by atoms with E-state index in [2.05, 4.69) is 37.6 Å². The second-order valence-electron chi connectivity index (χ2n) is 5.67. The molecule has 0 aromatic carbocycles. The third-order valence-corrected chi connectivity index (χ3v) is 3.75. The fourth-order valence-corrected chi connectivity index (χ4v) is 2.44. The maximum atomic E-state index is 2.59. The van der Waals surface area contributed by atoms with Crippen LogP contribution in [0, 0.1) is 5.92 Å². The first-order valence-electron chi connectivity index (χ1n) is 5.44. The van der Waals surface area contributed by atoms with Gasteiger partial charge >= 0.3 is 0 Å². The highest BCUT2D eigenvalue weighted by Gasteiger charge is 2.42. The molecule has 2 saturated heterocycles. The molecule has 13 heavy (non-hydrogen) atoms. The molecule has 2 fully saturated rings. The summed E-state index contributed by atoms with van der Waals surface area (Å²) in [7, 11) is 2.26. The van der Waals surface area contributed by atoms with Gasteiger partial charge in [0, 0.05) is 24.7 Å². The Morgan fingerprint density at radius 2 is 1.77 bits per heavy atom. The molecule has 2 nitrogen and oxygen atoms in total. The highest BCUT2D eigenvalue weighted by molar-refractivity contribution is 4.97. The van der Waals surface area contributed by atoms with Crippen molar-refractivity contribution in [3.63, 3.8) is 0 Å². The van der Waals surface area contributed by atoms with Crippen molar-refractivity contribution < 1.29 is 0 Å². The van der Waals surface area contributed by atoms with Crippen LogP contribution >= 0.6 is 0 Å². The maximum absolute atomic E-state index is 2.59. The van der Waals surface area contributed by atoms with E-state index < -0.39 is 0 Å². The summed E-state index contributed by atoms with van der Waals surface area (Å²) in [5, 5.41) is 0. The van der Waals surface area contributed by atoms with Gasteiger partial charge in [-0.3, -0.25) is 4.90 Å². The zero-order valence-corrected chi connectivity index (χ0v) is 9.38. The Labute approximate surface area is 81.9 Å². The number of hydrogen-bond acceptors (Lipinski definition) is 2. The molecule has 0 aromatic rings. The van der Waals surface area contributed by atoms with Crippen LogP contribution < -0.4 is 0 Å². The number of rotatable bonds is 1. The van der Waals surface area contributed by atoms with Crippen molar-refractivity contribution in [2.45, 2.75) is 38.8 Å². The third-order valence-electron chi connectivity index (χ3n) is 3.75. The second-order valence-corrected chi connectivity index (χ2v) is 5.67. The van der Waals surface area contributed by atoms with Crippen LogP contribution in [0.25, 0.3) is 0 Å². The van der Waals surface area contributed by atoms with Gasteiger partial charge in [0.25, 0.3) is 0 Å². The minimum Gasteiger partial charge on any atom is -0.303 e. The van der Waals surface area contributed by atoms with Gasteiger partial charge in [0.15, 0.2) is 0 Å². The van der Waals surface area contributed by atoms with Gasteiger partial charge in [-0.25, -0.2) is 0 Å². The summed E-state index contributed by atoms with van der Waals surface area (Å²) in [5.74, 6) is 0.956. The molecule has 76 valence electrons. The van der Waals surface area contributed by atoms with Crippen LogP contribution in [0.2, 0.25) is 0 Å². The molecule has 0 aromatic heterocycles. The number of hydrogen-bond donors (Lipinski definition) is 0. The molecule has 0 saturated carbocycles. The molecule has 1 atom stereocenters. The van der Waals surface area contributed by atoms with Gasteiger partial charge in [-0.05, 0) is 46.7 Å². The Hall–Kier alpha value is -0.0800. The molecule has 0 amide bonds. The van der Waals surface area contributed by atoms with E-state index in [-0.39, 0.29) is 0 Å². The topological polar surface area (TPSA) is 6.48 Å².